The lowest BCUT2D eigenvalue weighted by atomic mass is 9.80. The van der Waals surface area contributed by atoms with Crippen LogP contribution in [0.3, 0.4) is 0 Å². The third kappa shape index (κ3) is 3.26. The van der Waals surface area contributed by atoms with Crippen LogP contribution in [-0.4, -0.2) is 55.0 Å². The highest BCUT2D eigenvalue weighted by Crippen LogP contribution is 2.39. The van der Waals surface area contributed by atoms with E-state index in [2.05, 4.69) is 12.2 Å². The van der Waals surface area contributed by atoms with E-state index in [9.17, 15) is 4.79 Å². The van der Waals surface area contributed by atoms with Crippen molar-refractivity contribution in [1.82, 2.24) is 10.2 Å². The molecular formula is C15H28N2O3. The molecular weight excluding hydrogens is 256 g/mol. The highest BCUT2D eigenvalue weighted by molar-refractivity contribution is 5.68. The number of ether oxygens (including phenoxy) is 2. The normalized spacial score (nSPS) is 34.2. The van der Waals surface area contributed by atoms with Crippen LogP contribution in [0.4, 0.5) is 4.79 Å². The van der Waals surface area contributed by atoms with Crippen LogP contribution < -0.4 is 5.32 Å². The predicted octanol–water partition coefficient (Wildman–Crippen LogP) is 2.01. The summed E-state index contributed by atoms with van der Waals surface area (Å²) in [5, 5.41) is 3.40. The van der Waals surface area contributed by atoms with Crippen molar-refractivity contribution in [3.63, 3.8) is 0 Å². The summed E-state index contributed by atoms with van der Waals surface area (Å²) in [4.78, 5) is 13.8. The van der Waals surface area contributed by atoms with Gasteiger partial charge in [0.05, 0.1) is 18.2 Å². The summed E-state index contributed by atoms with van der Waals surface area (Å²) in [6, 6.07) is 0.116. The van der Waals surface area contributed by atoms with E-state index >= 15 is 0 Å². The van der Waals surface area contributed by atoms with E-state index in [1.807, 2.05) is 27.8 Å². The molecule has 0 unspecified atom stereocenters. The van der Waals surface area contributed by atoms with Gasteiger partial charge in [0.25, 0.3) is 0 Å². The molecule has 3 atom stereocenters. The monoisotopic (exact) mass is 284 g/mol. The summed E-state index contributed by atoms with van der Waals surface area (Å²) in [6.07, 6.45) is 1.67. The minimum atomic E-state index is -0.454. The first-order valence-electron chi connectivity index (χ1n) is 7.54. The first-order chi connectivity index (χ1) is 9.23. The van der Waals surface area contributed by atoms with Gasteiger partial charge in [-0.05, 0) is 46.1 Å². The van der Waals surface area contributed by atoms with E-state index in [-0.39, 0.29) is 17.7 Å². The van der Waals surface area contributed by atoms with Crippen molar-refractivity contribution in [2.75, 3.05) is 26.7 Å². The Morgan fingerprint density at radius 2 is 2.15 bits per heavy atom. The van der Waals surface area contributed by atoms with Crippen molar-refractivity contribution in [3.8, 4) is 0 Å². The van der Waals surface area contributed by atoms with Gasteiger partial charge in [0.15, 0.2) is 0 Å². The number of nitrogens with one attached hydrogen (secondary N) is 1. The van der Waals surface area contributed by atoms with Gasteiger partial charge in [-0.1, -0.05) is 6.92 Å². The lowest BCUT2D eigenvalue weighted by Gasteiger charge is -2.39. The van der Waals surface area contributed by atoms with Crippen LogP contribution in [-0.2, 0) is 9.47 Å². The maximum atomic E-state index is 12.1. The highest BCUT2D eigenvalue weighted by Gasteiger charge is 2.47. The maximum absolute atomic E-state index is 12.1. The third-order valence-corrected chi connectivity index (χ3v) is 4.45. The molecule has 1 N–H and O–H groups in total. The number of likely N-dealkylation sites (N-methyl/N-ethyl adjacent to an activating group) is 1. The Kier molecular flexibility index (Phi) is 4.30. The average molecular weight is 284 g/mol. The average Bonchev–Trinajstić information content (AvgIpc) is 2.75. The fourth-order valence-corrected chi connectivity index (χ4v) is 3.08. The molecule has 0 aromatic heterocycles. The van der Waals surface area contributed by atoms with Crippen molar-refractivity contribution in [2.24, 2.45) is 5.92 Å². The second kappa shape index (κ2) is 5.53. The van der Waals surface area contributed by atoms with Gasteiger partial charge < -0.3 is 19.7 Å². The van der Waals surface area contributed by atoms with E-state index in [0.717, 1.165) is 25.9 Å². The van der Waals surface area contributed by atoms with Crippen molar-refractivity contribution in [1.29, 1.82) is 0 Å². The molecule has 1 spiro atoms. The number of hydrogen-bond donors (Lipinski definition) is 1. The van der Waals surface area contributed by atoms with Gasteiger partial charge in [-0.25, -0.2) is 4.79 Å². The van der Waals surface area contributed by atoms with Gasteiger partial charge in [-0.15, -0.1) is 0 Å². The Bertz CT molecular complexity index is 367. The van der Waals surface area contributed by atoms with Crippen molar-refractivity contribution < 1.29 is 14.3 Å². The zero-order chi connectivity index (χ0) is 15.0. The molecule has 0 bridgehead atoms. The Morgan fingerprint density at radius 3 is 2.75 bits per heavy atom. The SMILES string of the molecule is C[C@@H]1CNCC[C@@]12C[C@@H](N(C)C(=O)OC(C)(C)C)CO2. The molecule has 20 heavy (non-hydrogen) atoms. The molecule has 2 aliphatic rings. The molecule has 5 heteroatoms. The van der Waals surface area contributed by atoms with Crippen LogP contribution >= 0.6 is 0 Å². The Balaban J connectivity index is 1.96. The van der Waals surface area contributed by atoms with Crippen LogP contribution in [0.25, 0.3) is 0 Å². The molecule has 2 heterocycles. The lowest BCUT2D eigenvalue weighted by Crippen LogP contribution is -2.49. The Hall–Kier alpha value is -0.810. The molecule has 0 radical (unpaired) electrons. The number of nitrogens with zero attached hydrogens (tertiary/aromatic N) is 1. The van der Waals surface area contributed by atoms with Crippen LogP contribution in [0.1, 0.15) is 40.5 Å². The smallest absolute Gasteiger partial charge is 0.410 e. The van der Waals surface area contributed by atoms with E-state index in [1.54, 1.807) is 4.90 Å². The fourth-order valence-electron chi connectivity index (χ4n) is 3.08. The third-order valence-electron chi connectivity index (χ3n) is 4.45. The Labute approximate surface area is 122 Å². The topological polar surface area (TPSA) is 50.8 Å². The van der Waals surface area contributed by atoms with Crippen LogP contribution in [0, 0.1) is 5.92 Å². The molecule has 0 aromatic carbocycles. The summed E-state index contributed by atoms with van der Waals surface area (Å²) in [7, 11) is 1.81. The molecule has 0 aromatic rings. The van der Waals surface area contributed by atoms with E-state index in [0.29, 0.717) is 12.5 Å². The molecule has 116 valence electrons. The van der Waals surface area contributed by atoms with Crippen LogP contribution in [0.5, 0.6) is 0 Å². The maximum Gasteiger partial charge on any atom is 0.410 e. The second-order valence-electron chi connectivity index (χ2n) is 7.18. The largest absolute Gasteiger partial charge is 0.444 e. The van der Waals surface area contributed by atoms with Gasteiger partial charge in [-0.3, -0.25) is 0 Å². The zero-order valence-corrected chi connectivity index (χ0v) is 13.4. The standard InChI is InChI=1S/C15H28N2O3/c1-11-9-16-7-6-15(11)8-12(10-19-15)17(5)13(18)20-14(2,3)4/h11-12,16H,6-10H2,1-5H3/t11-,12-,15-/m1/s1. The zero-order valence-electron chi connectivity index (χ0n) is 13.4. The summed E-state index contributed by atoms with van der Waals surface area (Å²) < 4.78 is 11.6. The molecule has 2 aliphatic heterocycles. The number of carbonyl (C=O) groups is 1. The number of piperidine rings is 1. The first kappa shape index (κ1) is 15.6. The van der Waals surface area contributed by atoms with Crippen LogP contribution in [0.2, 0.25) is 0 Å². The van der Waals surface area contributed by atoms with Gasteiger partial charge in [0.1, 0.15) is 5.60 Å². The summed E-state index contributed by atoms with van der Waals surface area (Å²) in [5.74, 6) is 0.480. The number of carbonyl (C=O) groups excluding carboxylic acids is 1. The van der Waals surface area contributed by atoms with E-state index in [1.165, 1.54) is 0 Å². The van der Waals surface area contributed by atoms with E-state index < -0.39 is 5.60 Å². The molecule has 2 rings (SSSR count). The fraction of sp³-hybridized carbons (Fsp3) is 0.933. The lowest BCUT2D eigenvalue weighted by molar-refractivity contribution is -0.0564. The molecule has 5 nitrogen and oxygen atoms in total. The van der Waals surface area contributed by atoms with Gasteiger partial charge in [0.2, 0.25) is 0 Å². The molecule has 0 aliphatic carbocycles. The summed E-state index contributed by atoms with van der Waals surface area (Å²) in [6.45, 7) is 10.5. The first-order valence-corrected chi connectivity index (χ1v) is 7.54. The molecule has 1 amide bonds. The minimum Gasteiger partial charge on any atom is -0.444 e. The highest BCUT2D eigenvalue weighted by atomic mass is 16.6. The number of rotatable bonds is 1. The van der Waals surface area contributed by atoms with E-state index in [4.69, 9.17) is 9.47 Å². The van der Waals surface area contributed by atoms with Crippen molar-refractivity contribution >= 4 is 6.09 Å². The summed E-state index contributed by atoms with van der Waals surface area (Å²) >= 11 is 0. The molecule has 2 saturated heterocycles. The van der Waals surface area contributed by atoms with Gasteiger partial charge >= 0.3 is 6.09 Å². The second-order valence-corrected chi connectivity index (χ2v) is 7.18. The van der Waals surface area contributed by atoms with Crippen LogP contribution in [0.15, 0.2) is 0 Å². The predicted molar refractivity (Wildman–Crippen MR) is 77.7 cm³/mol. The number of amides is 1. The quantitative estimate of drug-likeness (QED) is 0.800. The number of hydrogen-bond acceptors (Lipinski definition) is 4. The summed E-state index contributed by atoms with van der Waals surface area (Å²) in [5.41, 5.74) is -0.517. The van der Waals surface area contributed by atoms with Gasteiger partial charge in [-0.2, -0.15) is 0 Å². The van der Waals surface area contributed by atoms with Gasteiger partial charge in [0, 0.05) is 13.6 Å². The van der Waals surface area contributed by atoms with Crippen molar-refractivity contribution in [3.05, 3.63) is 0 Å². The van der Waals surface area contributed by atoms with Crippen molar-refractivity contribution in [2.45, 2.75) is 57.8 Å². The molecule has 0 saturated carbocycles. The minimum absolute atomic E-state index is 0.0633. The Morgan fingerprint density at radius 1 is 1.45 bits per heavy atom. The molecule has 2 fully saturated rings.